The van der Waals surface area contributed by atoms with E-state index in [1.165, 1.54) is 0 Å². The van der Waals surface area contributed by atoms with Crippen LogP contribution in [0, 0.1) is 0 Å². The molecule has 0 saturated heterocycles. The van der Waals surface area contributed by atoms with Crippen molar-refractivity contribution in [3.63, 3.8) is 0 Å². The van der Waals surface area contributed by atoms with Gasteiger partial charge in [0, 0.05) is 13.1 Å². The van der Waals surface area contributed by atoms with E-state index in [2.05, 4.69) is 9.97 Å². The molecule has 2 N–H and O–H groups in total. The second-order valence-electron chi connectivity index (χ2n) is 4.76. The topological polar surface area (TPSA) is 75.3 Å². The molecular formula is C12H19N5O. The summed E-state index contributed by atoms with van der Waals surface area (Å²) in [6.45, 7) is 6.09. The molecule has 0 fully saturated rings. The highest BCUT2D eigenvalue weighted by atomic mass is 16.2. The third kappa shape index (κ3) is 1.77. The van der Waals surface area contributed by atoms with Crippen LogP contribution < -0.4 is 15.5 Å². The lowest BCUT2D eigenvalue weighted by Gasteiger charge is -2.42. The Balaban J connectivity index is 2.60. The van der Waals surface area contributed by atoms with Crippen LogP contribution in [0.2, 0.25) is 0 Å². The maximum absolute atomic E-state index is 12.3. The van der Waals surface area contributed by atoms with Gasteiger partial charge < -0.3 is 15.5 Å². The highest BCUT2D eigenvalue weighted by Crippen LogP contribution is 2.35. The summed E-state index contributed by atoms with van der Waals surface area (Å²) in [6.07, 6.45) is 2.35. The van der Waals surface area contributed by atoms with Crippen LogP contribution in [0.15, 0.2) is 6.20 Å². The van der Waals surface area contributed by atoms with Crippen LogP contribution in [0.1, 0.15) is 27.2 Å². The first-order valence-electron chi connectivity index (χ1n) is 6.15. The second kappa shape index (κ2) is 4.44. The van der Waals surface area contributed by atoms with E-state index in [-0.39, 0.29) is 23.9 Å². The number of likely N-dealkylation sites (N-methyl/N-ethyl adjacent to an activating group) is 1. The number of rotatable bonds is 2. The molecule has 1 aliphatic heterocycles. The zero-order valence-electron chi connectivity index (χ0n) is 11.2. The van der Waals surface area contributed by atoms with Gasteiger partial charge in [-0.2, -0.15) is 4.98 Å². The molecular weight excluding hydrogens is 230 g/mol. The average molecular weight is 249 g/mol. The molecule has 18 heavy (non-hydrogen) atoms. The van der Waals surface area contributed by atoms with Gasteiger partial charge in [0.05, 0.1) is 6.20 Å². The van der Waals surface area contributed by atoms with Gasteiger partial charge in [0.2, 0.25) is 11.9 Å². The molecule has 6 heteroatoms. The smallest absolute Gasteiger partial charge is 0.249 e. The lowest BCUT2D eigenvalue weighted by Crippen LogP contribution is -2.54. The van der Waals surface area contributed by atoms with Crippen LogP contribution in [0.4, 0.5) is 17.5 Å². The summed E-state index contributed by atoms with van der Waals surface area (Å²) in [4.78, 5) is 24.2. The largest absolute Gasteiger partial charge is 0.368 e. The number of anilines is 3. The van der Waals surface area contributed by atoms with Gasteiger partial charge in [-0.1, -0.05) is 6.92 Å². The number of amides is 1. The molecule has 0 spiro atoms. The number of nitrogens with zero attached hydrogens (tertiary/aromatic N) is 4. The van der Waals surface area contributed by atoms with Gasteiger partial charge in [-0.25, -0.2) is 4.98 Å². The quantitative estimate of drug-likeness (QED) is 0.847. The Morgan fingerprint density at radius 2 is 2.17 bits per heavy atom. The predicted molar refractivity (Wildman–Crippen MR) is 71.5 cm³/mol. The summed E-state index contributed by atoms with van der Waals surface area (Å²) in [5, 5.41) is 0. The number of aromatic nitrogens is 2. The van der Waals surface area contributed by atoms with Crippen LogP contribution in [0.3, 0.4) is 0 Å². The van der Waals surface area contributed by atoms with E-state index in [0.717, 1.165) is 12.2 Å². The van der Waals surface area contributed by atoms with Crippen molar-refractivity contribution in [2.75, 3.05) is 22.6 Å². The van der Waals surface area contributed by atoms with Crippen LogP contribution >= 0.6 is 0 Å². The fourth-order valence-corrected chi connectivity index (χ4v) is 2.39. The van der Waals surface area contributed by atoms with Gasteiger partial charge in [0.25, 0.3) is 0 Å². The first-order chi connectivity index (χ1) is 8.47. The molecule has 1 aliphatic rings. The Hall–Kier alpha value is -1.85. The van der Waals surface area contributed by atoms with E-state index < -0.39 is 0 Å². The Kier molecular flexibility index (Phi) is 3.11. The van der Waals surface area contributed by atoms with Crippen molar-refractivity contribution < 1.29 is 4.79 Å². The summed E-state index contributed by atoms with van der Waals surface area (Å²) >= 11 is 0. The lowest BCUT2D eigenvalue weighted by atomic mass is 10.1. The van der Waals surface area contributed by atoms with Crippen molar-refractivity contribution in [2.45, 2.75) is 39.3 Å². The number of hydrogen-bond acceptors (Lipinski definition) is 5. The van der Waals surface area contributed by atoms with Gasteiger partial charge in [0.15, 0.2) is 5.82 Å². The molecule has 98 valence electrons. The highest BCUT2D eigenvalue weighted by molar-refractivity contribution is 6.04. The van der Waals surface area contributed by atoms with Crippen molar-refractivity contribution in [1.29, 1.82) is 0 Å². The third-order valence-corrected chi connectivity index (χ3v) is 3.27. The van der Waals surface area contributed by atoms with Gasteiger partial charge in [-0.3, -0.25) is 4.79 Å². The van der Waals surface area contributed by atoms with Crippen molar-refractivity contribution in [3.8, 4) is 0 Å². The predicted octanol–water partition coefficient (Wildman–Crippen LogP) is 1.03. The number of nitrogen functional groups attached to an aromatic ring is 1. The molecule has 0 unspecified atom stereocenters. The summed E-state index contributed by atoms with van der Waals surface area (Å²) in [7, 11) is 1.75. The minimum Gasteiger partial charge on any atom is -0.368 e. The fourth-order valence-electron chi connectivity index (χ4n) is 2.39. The molecule has 0 bridgehead atoms. The van der Waals surface area contributed by atoms with Crippen molar-refractivity contribution in [2.24, 2.45) is 0 Å². The average Bonchev–Trinajstić information content (AvgIpc) is 2.32. The van der Waals surface area contributed by atoms with E-state index >= 15 is 0 Å². The molecule has 2 heterocycles. The molecule has 1 aromatic rings. The summed E-state index contributed by atoms with van der Waals surface area (Å²) in [5.74, 6) is 1.05. The number of carbonyl (C=O) groups excluding carboxylic acids is 1. The van der Waals surface area contributed by atoms with Crippen LogP contribution in [-0.2, 0) is 4.79 Å². The molecule has 0 aromatic carbocycles. The molecule has 0 aliphatic carbocycles. The van der Waals surface area contributed by atoms with E-state index in [4.69, 9.17) is 5.73 Å². The monoisotopic (exact) mass is 249 g/mol. The summed E-state index contributed by atoms with van der Waals surface area (Å²) < 4.78 is 0. The fraction of sp³-hybridized carbons (Fsp3) is 0.583. The standard InChI is InChI=1S/C12H19N5O/c1-5-8-11(18)16(4)9-6-14-12(13)15-10(9)17(8)7(2)3/h6-8H,5H2,1-4H3,(H2,13,14,15)/t8-/m1/s1. The van der Waals surface area contributed by atoms with Crippen LogP contribution in [0.5, 0.6) is 0 Å². The van der Waals surface area contributed by atoms with E-state index in [1.54, 1.807) is 18.1 Å². The number of fused-ring (bicyclic) bond motifs is 1. The maximum Gasteiger partial charge on any atom is 0.249 e. The van der Waals surface area contributed by atoms with Gasteiger partial charge >= 0.3 is 0 Å². The molecule has 6 nitrogen and oxygen atoms in total. The minimum atomic E-state index is -0.184. The zero-order chi connectivity index (χ0) is 13.4. The number of hydrogen-bond donors (Lipinski definition) is 1. The second-order valence-corrected chi connectivity index (χ2v) is 4.76. The normalized spacial score (nSPS) is 19.4. The van der Waals surface area contributed by atoms with Crippen LogP contribution in [-0.4, -0.2) is 35.0 Å². The number of nitrogens with two attached hydrogens (primary N) is 1. The molecule has 0 radical (unpaired) electrons. The highest BCUT2D eigenvalue weighted by Gasteiger charge is 2.38. The van der Waals surface area contributed by atoms with Crippen molar-refractivity contribution in [3.05, 3.63) is 6.20 Å². The van der Waals surface area contributed by atoms with Crippen molar-refractivity contribution in [1.82, 2.24) is 9.97 Å². The van der Waals surface area contributed by atoms with Gasteiger partial charge in [-0.15, -0.1) is 0 Å². The first-order valence-corrected chi connectivity index (χ1v) is 6.15. The van der Waals surface area contributed by atoms with Gasteiger partial charge in [0.1, 0.15) is 11.7 Å². The molecule has 1 amide bonds. The van der Waals surface area contributed by atoms with E-state index in [0.29, 0.717) is 5.69 Å². The van der Waals surface area contributed by atoms with E-state index in [9.17, 15) is 4.79 Å². The maximum atomic E-state index is 12.3. The number of carbonyl (C=O) groups is 1. The Morgan fingerprint density at radius 3 is 2.72 bits per heavy atom. The molecule has 1 aromatic heterocycles. The summed E-state index contributed by atoms with van der Waals surface area (Å²) in [5.41, 5.74) is 6.37. The molecule has 1 atom stereocenters. The van der Waals surface area contributed by atoms with Crippen molar-refractivity contribution >= 4 is 23.4 Å². The molecule has 0 saturated carbocycles. The van der Waals surface area contributed by atoms with E-state index in [1.807, 2.05) is 25.7 Å². The first kappa shape index (κ1) is 12.6. The van der Waals surface area contributed by atoms with Gasteiger partial charge in [-0.05, 0) is 20.3 Å². The third-order valence-electron chi connectivity index (χ3n) is 3.27. The SMILES string of the molecule is CC[C@@H]1C(=O)N(C)c2cnc(N)nc2N1C(C)C. The lowest BCUT2D eigenvalue weighted by molar-refractivity contribution is -0.120. The summed E-state index contributed by atoms with van der Waals surface area (Å²) in [6, 6.07) is -0.00236. The Labute approximate surface area is 107 Å². The zero-order valence-corrected chi connectivity index (χ0v) is 11.2. The Bertz CT molecular complexity index is 474. The molecule has 2 rings (SSSR count). The minimum absolute atomic E-state index is 0.0760. The van der Waals surface area contributed by atoms with Crippen LogP contribution in [0.25, 0.3) is 0 Å². The Morgan fingerprint density at radius 1 is 1.50 bits per heavy atom.